The molecule has 6 heteroatoms. The molecule has 1 aromatic carbocycles. The third-order valence-corrected chi connectivity index (χ3v) is 5.39. The van der Waals surface area contributed by atoms with Crippen LogP contribution in [0, 0.1) is 5.41 Å². The molecule has 0 saturated heterocycles. The van der Waals surface area contributed by atoms with Gasteiger partial charge in [0, 0.05) is 5.41 Å². The van der Waals surface area contributed by atoms with Gasteiger partial charge in [-0.3, -0.25) is 0 Å². The molecule has 3 rings (SSSR count). The van der Waals surface area contributed by atoms with Gasteiger partial charge in [0.05, 0.1) is 7.11 Å². The molecule has 1 aromatic rings. The Labute approximate surface area is 132 Å². The fourth-order valence-corrected chi connectivity index (χ4v) is 4.11. The molecule has 0 radical (unpaired) electrons. The lowest BCUT2D eigenvalue weighted by atomic mass is 9.66. The molecule has 3 atom stereocenters. The molecule has 0 amide bonds. The highest BCUT2D eigenvalue weighted by molar-refractivity contribution is 5.75. The molecule has 23 heavy (non-hydrogen) atoms. The molecule has 0 aromatic heterocycles. The van der Waals surface area contributed by atoms with Crippen molar-refractivity contribution in [1.82, 2.24) is 0 Å². The van der Waals surface area contributed by atoms with Gasteiger partial charge in [-0.05, 0) is 54.9 Å². The Balaban J connectivity index is 1.85. The van der Waals surface area contributed by atoms with Crippen molar-refractivity contribution in [2.45, 2.75) is 50.8 Å². The maximum absolute atomic E-state index is 12.5. The Morgan fingerprint density at radius 2 is 2.04 bits per heavy atom. The van der Waals surface area contributed by atoms with E-state index in [1.807, 2.05) is 25.1 Å². The Bertz CT molecular complexity index is 626. The van der Waals surface area contributed by atoms with E-state index in [-0.39, 0.29) is 5.92 Å². The lowest BCUT2D eigenvalue weighted by Crippen LogP contribution is -2.40. The fourth-order valence-electron chi connectivity index (χ4n) is 4.11. The predicted octanol–water partition coefficient (Wildman–Crippen LogP) is 4.00. The first-order valence-electron chi connectivity index (χ1n) is 7.70. The number of aryl methyl sites for hydroxylation is 1. The Hall–Kier alpha value is -1.72. The van der Waals surface area contributed by atoms with E-state index in [9.17, 15) is 18.0 Å². The number of rotatable bonds is 2. The lowest BCUT2D eigenvalue weighted by molar-refractivity contribution is -0.209. The summed E-state index contributed by atoms with van der Waals surface area (Å²) in [7, 11) is 1.61. The van der Waals surface area contributed by atoms with Crippen molar-refractivity contribution in [3.8, 4) is 5.75 Å². The molecule has 2 aliphatic rings. The number of ether oxygens (including phenoxy) is 2. The van der Waals surface area contributed by atoms with Gasteiger partial charge in [-0.15, -0.1) is 0 Å². The summed E-state index contributed by atoms with van der Waals surface area (Å²) >= 11 is 0. The molecule has 0 heterocycles. The van der Waals surface area contributed by atoms with Crippen LogP contribution in [-0.2, 0) is 16.0 Å². The van der Waals surface area contributed by atoms with Crippen LogP contribution in [0.15, 0.2) is 18.2 Å². The average molecular weight is 328 g/mol. The maximum Gasteiger partial charge on any atom is 0.490 e. The van der Waals surface area contributed by atoms with Crippen LogP contribution in [0.25, 0.3) is 0 Å². The second-order valence-electron chi connectivity index (χ2n) is 6.59. The summed E-state index contributed by atoms with van der Waals surface area (Å²) in [6.45, 7) is 1.94. The van der Waals surface area contributed by atoms with Gasteiger partial charge in [0.1, 0.15) is 11.9 Å². The summed E-state index contributed by atoms with van der Waals surface area (Å²) < 4.78 is 47.5. The van der Waals surface area contributed by atoms with E-state index in [1.54, 1.807) is 7.11 Å². The molecular formula is C17H19F3O3. The van der Waals surface area contributed by atoms with Crippen LogP contribution in [0.1, 0.15) is 43.2 Å². The number of carbonyl (C=O) groups excluding carboxylic acids is 1. The summed E-state index contributed by atoms with van der Waals surface area (Å²) in [6.07, 6.45) is -2.97. The summed E-state index contributed by atoms with van der Waals surface area (Å²) in [5.41, 5.74) is 1.88. The molecule has 0 bridgehead atoms. The highest BCUT2D eigenvalue weighted by Gasteiger charge is 2.53. The van der Waals surface area contributed by atoms with Crippen LogP contribution in [-0.4, -0.2) is 25.4 Å². The number of fused-ring (bicyclic) bond motifs is 3. The zero-order valence-electron chi connectivity index (χ0n) is 13.1. The molecule has 0 aliphatic heterocycles. The smallest absolute Gasteiger partial charge is 0.490 e. The third kappa shape index (κ3) is 2.68. The molecule has 1 fully saturated rings. The fraction of sp³-hybridized carbons (Fsp3) is 0.588. The van der Waals surface area contributed by atoms with Crippen molar-refractivity contribution >= 4 is 5.97 Å². The Kier molecular flexibility index (Phi) is 3.81. The van der Waals surface area contributed by atoms with E-state index in [0.717, 1.165) is 24.2 Å². The second kappa shape index (κ2) is 5.42. The minimum atomic E-state index is -4.94. The first kappa shape index (κ1) is 16.1. The van der Waals surface area contributed by atoms with Crippen LogP contribution in [0.3, 0.4) is 0 Å². The van der Waals surface area contributed by atoms with Gasteiger partial charge >= 0.3 is 12.1 Å². The number of hydrogen-bond donors (Lipinski definition) is 0. The molecular weight excluding hydrogens is 309 g/mol. The van der Waals surface area contributed by atoms with Crippen LogP contribution in [0.5, 0.6) is 5.75 Å². The standard InChI is InChI=1S/C17H19F3O3/c1-16-8-7-10-9-11(22-2)3-4-12(10)13(16)5-6-14(16)23-15(21)17(18,19)20/h3-4,9,13-14H,5-8H2,1-2H3/t13-,14-,16-/m1/s1. The molecule has 0 N–H and O–H groups in total. The van der Waals surface area contributed by atoms with Gasteiger partial charge in [-0.25, -0.2) is 4.79 Å². The van der Waals surface area contributed by atoms with Gasteiger partial charge < -0.3 is 9.47 Å². The van der Waals surface area contributed by atoms with Gasteiger partial charge in [-0.1, -0.05) is 13.0 Å². The molecule has 1 saturated carbocycles. The quantitative estimate of drug-likeness (QED) is 0.770. The van der Waals surface area contributed by atoms with E-state index in [1.165, 1.54) is 5.56 Å². The van der Waals surface area contributed by atoms with Crippen LogP contribution in [0.2, 0.25) is 0 Å². The number of benzene rings is 1. The maximum atomic E-state index is 12.5. The normalized spacial score (nSPS) is 29.6. The SMILES string of the molecule is COc1ccc2c(c1)CC[C@]1(C)[C@@H]2CC[C@H]1OC(=O)C(F)(F)F. The number of halogens is 3. The highest BCUT2D eigenvalue weighted by Crippen LogP contribution is 2.57. The summed E-state index contributed by atoms with van der Waals surface area (Å²) in [5, 5.41) is 0. The van der Waals surface area contributed by atoms with Crippen LogP contribution in [0.4, 0.5) is 13.2 Å². The van der Waals surface area contributed by atoms with Crippen molar-refractivity contribution in [3.05, 3.63) is 29.3 Å². The summed E-state index contributed by atoms with van der Waals surface area (Å²) in [6, 6.07) is 5.85. The molecule has 126 valence electrons. The molecule has 0 spiro atoms. The van der Waals surface area contributed by atoms with E-state index in [0.29, 0.717) is 12.8 Å². The Morgan fingerprint density at radius 1 is 1.30 bits per heavy atom. The summed E-state index contributed by atoms with van der Waals surface area (Å²) in [4.78, 5) is 11.2. The van der Waals surface area contributed by atoms with Gasteiger partial charge in [0.25, 0.3) is 0 Å². The minimum absolute atomic E-state index is 0.114. The number of alkyl halides is 3. The van der Waals surface area contributed by atoms with Crippen LogP contribution >= 0.6 is 0 Å². The van der Waals surface area contributed by atoms with Gasteiger partial charge in [-0.2, -0.15) is 13.2 Å². The van der Waals surface area contributed by atoms with Crippen molar-refractivity contribution in [1.29, 1.82) is 0 Å². The molecule has 0 unspecified atom stereocenters. The minimum Gasteiger partial charge on any atom is -0.497 e. The van der Waals surface area contributed by atoms with E-state index in [2.05, 4.69) is 0 Å². The monoisotopic (exact) mass is 328 g/mol. The van der Waals surface area contributed by atoms with E-state index >= 15 is 0 Å². The van der Waals surface area contributed by atoms with Crippen molar-refractivity contribution in [2.24, 2.45) is 5.41 Å². The Morgan fingerprint density at radius 3 is 2.70 bits per heavy atom. The number of hydrogen-bond acceptors (Lipinski definition) is 3. The number of esters is 1. The second-order valence-corrected chi connectivity index (χ2v) is 6.59. The topological polar surface area (TPSA) is 35.5 Å². The van der Waals surface area contributed by atoms with Gasteiger partial charge in [0.2, 0.25) is 0 Å². The first-order chi connectivity index (χ1) is 10.8. The largest absolute Gasteiger partial charge is 0.497 e. The molecule has 2 aliphatic carbocycles. The van der Waals surface area contributed by atoms with Crippen LogP contribution < -0.4 is 4.74 Å². The lowest BCUT2D eigenvalue weighted by Gasteiger charge is -2.41. The zero-order valence-corrected chi connectivity index (χ0v) is 13.1. The van der Waals surface area contributed by atoms with Gasteiger partial charge in [0.15, 0.2) is 0 Å². The van der Waals surface area contributed by atoms with E-state index in [4.69, 9.17) is 9.47 Å². The third-order valence-electron chi connectivity index (χ3n) is 5.39. The van der Waals surface area contributed by atoms with E-state index < -0.39 is 23.7 Å². The first-order valence-corrected chi connectivity index (χ1v) is 7.70. The number of methoxy groups -OCH3 is 1. The average Bonchev–Trinajstić information content (AvgIpc) is 2.83. The predicted molar refractivity (Wildman–Crippen MR) is 77.3 cm³/mol. The molecule has 3 nitrogen and oxygen atoms in total. The highest BCUT2D eigenvalue weighted by atomic mass is 19.4. The van der Waals surface area contributed by atoms with Crippen molar-refractivity contribution < 1.29 is 27.4 Å². The zero-order chi connectivity index (χ0) is 16.8. The van der Waals surface area contributed by atoms with Crippen molar-refractivity contribution in [3.63, 3.8) is 0 Å². The summed E-state index contributed by atoms with van der Waals surface area (Å²) in [5.74, 6) is -1.18. The van der Waals surface area contributed by atoms with Crippen molar-refractivity contribution in [2.75, 3.05) is 7.11 Å². The number of carbonyl (C=O) groups is 1.